The average Bonchev–Trinajstić information content (AvgIpc) is 2.88. The molecule has 5 rings (SSSR count). The van der Waals surface area contributed by atoms with E-state index in [0.29, 0.717) is 23.9 Å². The molecule has 0 spiro atoms. The number of piperazine rings is 1. The fraction of sp³-hybridized carbons (Fsp3) is 0.360. The van der Waals surface area contributed by atoms with Crippen LogP contribution < -0.4 is 14.7 Å². The van der Waals surface area contributed by atoms with Gasteiger partial charge in [0.05, 0.1) is 10.6 Å². The Labute approximate surface area is 216 Å². The highest BCUT2D eigenvalue weighted by molar-refractivity contribution is 7.89. The van der Waals surface area contributed by atoms with Crippen LogP contribution in [0, 0.1) is 5.82 Å². The van der Waals surface area contributed by atoms with E-state index in [-0.39, 0.29) is 17.3 Å². The number of anilines is 3. The Balaban J connectivity index is 1.37. The predicted octanol–water partition coefficient (Wildman–Crippen LogP) is 3.41. The molecular formula is C25H28ClFN6O2S. The molecule has 2 aliphatic heterocycles. The van der Waals surface area contributed by atoms with Crippen LogP contribution in [0.1, 0.15) is 11.3 Å². The Morgan fingerprint density at radius 2 is 1.64 bits per heavy atom. The molecule has 3 heterocycles. The van der Waals surface area contributed by atoms with E-state index in [1.54, 1.807) is 30.3 Å². The number of sulfonamides is 1. The summed E-state index contributed by atoms with van der Waals surface area (Å²) in [5.74, 6) is 1.14. The molecular weight excluding hydrogens is 503 g/mol. The molecule has 0 atom stereocenters. The van der Waals surface area contributed by atoms with E-state index in [0.717, 1.165) is 48.9 Å². The van der Waals surface area contributed by atoms with E-state index in [4.69, 9.17) is 21.6 Å². The largest absolute Gasteiger partial charge is 0.368 e. The summed E-state index contributed by atoms with van der Waals surface area (Å²) in [7, 11) is 0.112. The molecule has 8 nitrogen and oxygen atoms in total. The van der Waals surface area contributed by atoms with Gasteiger partial charge in [-0.05, 0) is 42.5 Å². The standard InChI is InChI=1S/C25H28ClFN6O2S/c1-30(2)24-22-17-33(36(34,35)21-5-3-4-18(26)16-21)11-10-23(22)28-25(29-24)32-14-12-31(13-15-32)20-8-6-19(27)7-9-20/h3-9,16H,10-15,17H2,1-2H3. The molecule has 2 aromatic carbocycles. The van der Waals surface area contributed by atoms with Crippen LogP contribution >= 0.6 is 11.6 Å². The number of aromatic nitrogens is 2. The van der Waals surface area contributed by atoms with Crippen molar-refractivity contribution in [3.63, 3.8) is 0 Å². The molecule has 3 aromatic rings. The van der Waals surface area contributed by atoms with Crippen LogP contribution in [0.4, 0.5) is 21.8 Å². The fourth-order valence-electron chi connectivity index (χ4n) is 4.67. The summed E-state index contributed by atoms with van der Waals surface area (Å²) in [5, 5.41) is 0.384. The van der Waals surface area contributed by atoms with Crippen molar-refractivity contribution in [1.82, 2.24) is 14.3 Å². The molecule has 36 heavy (non-hydrogen) atoms. The van der Waals surface area contributed by atoms with Gasteiger partial charge in [-0.15, -0.1) is 0 Å². The maximum Gasteiger partial charge on any atom is 0.243 e. The first-order chi connectivity index (χ1) is 17.2. The van der Waals surface area contributed by atoms with Crippen LogP contribution in [0.3, 0.4) is 0 Å². The fourth-order valence-corrected chi connectivity index (χ4v) is 6.38. The van der Waals surface area contributed by atoms with Crippen molar-refractivity contribution in [3.05, 3.63) is 70.6 Å². The van der Waals surface area contributed by atoms with Gasteiger partial charge in [0.1, 0.15) is 11.6 Å². The number of halogens is 2. The number of nitrogens with zero attached hydrogens (tertiary/aromatic N) is 6. The van der Waals surface area contributed by atoms with Gasteiger partial charge in [0.25, 0.3) is 0 Å². The SMILES string of the molecule is CN(C)c1nc(N2CCN(c3ccc(F)cc3)CC2)nc2c1CN(S(=O)(=O)c1cccc(Cl)c1)CC2. The third-order valence-corrected chi connectivity index (χ3v) is 8.68. The van der Waals surface area contributed by atoms with Crippen LogP contribution in [0.2, 0.25) is 5.02 Å². The van der Waals surface area contributed by atoms with E-state index in [9.17, 15) is 12.8 Å². The second-order valence-corrected chi connectivity index (χ2v) is 11.5. The van der Waals surface area contributed by atoms with E-state index >= 15 is 0 Å². The third kappa shape index (κ3) is 4.85. The molecule has 0 unspecified atom stereocenters. The van der Waals surface area contributed by atoms with Gasteiger partial charge in [-0.1, -0.05) is 17.7 Å². The summed E-state index contributed by atoms with van der Waals surface area (Å²) < 4.78 is 41.3. The summed E-state index contributed by atoms with van der Waals surface area (Å²) in [5.41, 5.74) is 2.70. The van der Waals surface area contributed by atoms with E-state index in [1.807, 2.05) is 19.0 Å². The van der Waals surface area contributed by atoms with Gasteiger partial charge >= 0.3 is 0 Å². The summed E-state index contributed by atoms with van der Waals surface area (Å²) in [6.45, 7) is 3.56. The zero-order valence-electron chi connectivity index (χ0n) is 20.2. The lowest BCUT2D eigenvalue weighted by Gasteiger charge is -2.37. The second-order valence-electron chi connectivity index (χ2n) is 9.16. The van der Waals surface area contributed by atoms with Crippen molar-refractivity contribution in [1.29, 1.82) is 0 Å². The Morgan fingerprint density at radius 3 is 2.31 bits per heavy atom. The van der Waals surface area contributed by atoms with Gasteiger partial charge in [0.2, 0.25) is 16.0 Å². The monoisotopic (exact) mass is 530 g/mol. The highest BCUT2D eigenvalue weighted by Crippen LogP contribution is 2.32. The van der Waals surface area contributed by atoms with Crippen LogP contribution in [-0.4, -0.2) is 69.5 Å². The normalized spacial score (nSPS) is 16.7. The van der Waals surface area contributed by atoms with E-state index in [2.05, 4.69) is 9.80 Å². The Kier molecular flexibility index (Phi) is 6.76. The highest BCUT2D eigenvalue weighted by Gasteiger charge is 2.32. The van der Waals surface area contributed by atoms with E-state index < -0.39 is 10.0 Å². The summed E-state index contributed by atoms with van der Waals surface area (Å²) >= 11 is 6.05. The maximum atomic E-state index is 13.3. The highest BCUT2D eigenvalue weighted by atomic mass is 35.5. The van der Waals surface area contributed by atoms with Gasteiger partial charge in [-0.3, -0.25) is 0 Å². The van der Waals surface area contributed by atoms with Crippen LogP contribution in [0.5, 0.6) is 0 Å². The quantitative estimate of drug-likeness (QED) is 0.500. The van der Waals surface area contributed by atoms with Gasteiger partial charge in [-0.25, -0.2) is 17.8 Å². The Hall–Kier alpha value is -2.95. The van der Waals surface area contributed by atoms with Crippen molar-refractivity contribution >= 4 is 39.1 Å². The third-order valence-electron chi connectivity index (χ3n) is 6.60. The lowest BCUT2D eigenvalue weighted by atomic mass is 10.1. The number of fused-ring (bicyclic) bond motifs is 1. The molecule has 0 amide bonds. The zero-order chi connectivity index (χ0) is 25.4. The predicted molar refractivity (Wildman–Crippen MR) is 140 cm³/mol. The van der Waals surface area contributed by atoms with E-state index in [1.165, 1.54) is 22.5 Å². The summed E-state index contributed by atoms with van der Waals surface area (Å²) in [4.78, 5) is 16.2. The minimum absolute atomic E-state index is 0.182. The molecule has 1 saturated heterocycles. The van der Waals surface area contributed by atoms with Gasteiger partial charge in [-0.2, -0.15) is 9.29 Å². The summed E-state index contributed by atoms with van der Waals surface area (Å²) in [6.07, 6.45) is 0.501. The van der Waals surface area contributed by atoms with Crippen molar-refractivity contribution in [2.24, 2.45) is 0 Å². The molecule has 190 valence electrons. The van der Waals surface area contributed by atoms with Crippen molar-refractivity contribution in [2.75, 3.05) is 61.5 Å². The molecule has 0 radical (unpaired) electrons. The lowest BCUT2D eigenvalue weighted by Crippen LogP contribution is -2.47. The van der Waals surface area contributed by atoms with Crippen molar-refractivity contribution in [2.45, 2.75) is 17.9 Å². The van der Waals surface area contributed by atoms with Crippen LogP contribution in [0.25, 0.3) is 0 Å². The first-order valence-corrected chi connectivity index (χ1v) is 13.6. The zero-order valence-corrected chi connectivity index (χ0v) is 21.8. The smallest absolute Gasteiger partial charge is 0.243 e. The van der Waals surface area contributed by atoms with Gasteiger partial charge in [0, 0.05) is 76.1 Å². The minimum Gasteiger partial charge on any atom is -0.368 e. The molecule has 0 bridgehead atoms. The number of rotatable bonds is 5. The Morgan fingerprint density at radius 1 is 0.944 bits per heavy atom. The molecule has 1 fully saturated rings. The topological polar surface area (TPSA) is 72.9 Å². The minimum atomic E-state index is -3.70. The number of hydrogen-bond acceptors (Lipinski definition) is 7. The number of benzene rings is 2. The Bertz CT molecular complexity index is 1360. The molecule has 11 heteroatoms. The second kappa shape index (κ2) is 9.84. The van der Waals surface area contributed by atoms with Gasteiger partial charge in [0.15, 0.2) is 0 Å². The molecule has 0 N–H and O–H groups in total. The molecule has 0 saturated carbocycles. The molecule has 2 aliphatic rings. The first kappa shape index (κ1) is 24.7. The summed E-state index contributed by atoms with van der Waals surface area (Å²) in [6, 6.07) is 12.9. The van der Waals surface area contributed by atoms with Crippen molar-refractivity contribution < 1.29 is 12.8 Å². The lowest BCUT2D eigenvalue weighted by molar-refractivity contribution is 0.387. The molecule has 0 aliphatic carbocycles. The number of hydrogen-bond donors (Lipinski definition) is 0. The average molecular weight is 531 g/mol. The first-order valence-electron chi connectivity index (χ1n) is 11.8. The van der Waals surface area contributed by atoms with Crippen LogP contribution in [0.15, 0.2) is 53.4 Å². The van der Waals surface area contributed by atoms with Crippen molar-refractivity contribution in [3.8, 4) is 0 Å². The van der Waals surface area contributed by atoms with Gasteiger partial charge < -0.3 is 14.7 Å². The molecule has 1 aromatic heterocycles. The maximum absolute atomic E-state index is 13.3. The van der Waals surface area contributed by atoms with Crippen LogP contribution in [-0.2, 0) is 23.0 Å².